The van der Waals surface area contributed by atoms with Gasteiger partial charge in [-0.3, -0.25) is 4.79 Å². The van der Waals surface area contributed by atoms with Crippen molar-refractivity contribution in [3.8, 4) is 5.75 Å². The second-order valence-electron chi connectivity index (χ2n) is 6.52. The molecule has 2 aliphatic rings. The molecule has 1 atom stereocenters. The standard InChI is InChI=1S/C22H19NO4/c1-12-17(22(25)27-3)18(13-8-10-14(26-2)11-9-13)19-20(23-12)15-6-4-5-7-16(15)21(19)24/h4-11,18,23H,1-3H3/t18-/m1/s1. The van der Waals surface area contributed by atoms with Gasteiger partial charge in [-0.1, -0.05) is 36.4 Å². The van der Waals surface area contributed by atoms with Crippen molar-refractivity contribution in [2.24, 2.45) is 0 Å². The van der Waals surface area contributed by atoms with Crippen LogP contribution in [0.4, 0.5) is 0 Å². The fourth-order valence-corrected chi connectivity index (χ4v) is 3.84. The Kier molecular flexibility index (Phi) is 4.07. The Balaban J connectivity index is 1.92. The van der Waals surface area contributed by atoms with E-state index in [2.05, 4.69) is 5.32 Å². The highest BCUT2D eigenvalue weighted by Gasteiger charge is 2.42. The van der Waals surface area contributed by atoms with Gasteiger partial charge in [0.05, 0.1) is 25.5 Å². The molecule has 1 aliphatic heterocycles. The molecule has 2 aromatic rings. The molecule has 0 radical (unpaired) electrons. The Morgan fingerprint density at radius 1 is 1.00 bits per heavy atom. The third kappa shape index (κ3) is 2.54. The van der Waals surface area contributed by atoms with Crippen LogP contribution in [0, 0.1) is 0 Å². The lowest BCUT2D eigenvalue weighted by Gasteiger charge is -2.29. The summed E-state index contributed by atoms with van der Waals surface area (Å²) in [6.07, 6.45) is 0. The lowest BCUT2D eigenvalue weighted by atomic mass is 9.80. The fraction of sp³-hybridized carbons (Fsp3) is 0.182. The van der Waals surface area contributed by atoms with Crippen molar-refractivity contribution < 1.29 is 19.1 Å². The molecule has 1 N–H and O–H groups in total. The summed E-state index contributed by atoms with van der Waals surface area (Å²) in [5.74, 6) is -0.304. The van der Waals surface area contributed by atoms with Gasteiger partial charge in [0.2, 0.25) is 0 Å². The van der Waals surface area contributed by atoms with Crippen LogP contribution < -0.4 is 10.1 Å². The number of carbonyl (C=O) groups excluding carboxylic acids is 2. The van der Waals surface area contributed by atoms with E-state index in [1.165, 1.54) is 7.11 Å². The average molecular weight is 361 g/mol. The molecule has 0 saturated heterocycles. The summed E-state index contributed by atoms with van der Waals surface area (Å²) in [6, 6.07) is 14.9. The number of allylic oxidation sites excluding steroid dienone is 2. The minimum atomic E-state index is -0.500. The number of methoxy groups -OCH3 is 2. The molecule has 136 valence electrons. The quantitative estimate of drug-likeness (QED) is 0.849. The second-order valence-corrected chi connectivity index (χ2v) is 6.52. The van der Waals surface area contributed by atoms with Crippen molar-refractivity contribution in [3.63, 3.8) is 0 Å². The van der Waals surface area contributed by atoms with Gasteiger partial charge < -0.3 is 14.8 Å². The van der Waals surface area contributed by atoms with Gasteiger partial charge in [0, 0.05) is 28.3 Å². The Bertz CT molecular complexity index is 1010. The third-order valence-corrected chi connectivity index (χ3v) is 5.10. The van der Waals surface area contributed by atoms with Gasteiger partial charge in [0.1, 0.15) is 5.75 Å². The number of nitrogens with one attached hydrogen (secondary N) is 1. The van der Waals surface area contributed by atoms with Gasteiger partial charge >= 0.3 is 5.97 Å². The van der Waals surface area contributed by atoms with Gasteiger partial charge in [0.25, 0.3) is 0 Å². The number of benzene rings is 2. The van der Waals surface area contributed by atoms with Crippen molar-refractivity contribution in [2.45, 2.75) is 12.8 Å². The number of Topliss-reactive ketones (excluding diaryl/α,β-unsaturated/α-hetero) is 1. The van der Waals surface area contributed by atoms with Crippen LogP contribution in [-0.2, 0) is 9.53 Å². The topological polar surface area (TPSA) is 64.6 Å². The summed E-state index contributed by atoms with van der Waals surface area (Å²) in [5, 5.41) is 3.27. The molecular formula is C22H19NO4. The van der Waals surface area contributed by atoms with E-state index in [9.17, 15) is 9.59 Å². The van der Waals surface area contributed by atoms with Crippen LogP contribution >= 0.6 is 0 Å². The minimum absolute atomic E-state index is 0.0668. The highest BCUT2D eigenvalue weighted by molar-refractivity contribution is 6.23. The van der Waals surface area contributed by atoms with Crippen molar-refractivity contribution in [2.75, 3.05) is 14.2 Å². The normalized spacial score (nSPS) is 18.0. The monoisotopic (exact) mass is 361 g/mol. The number of esters is 1. The van der Waals surface area contributed by atoms with Crippen LogP contribution in [0.25, 0.3) is 5.70 Å². The van der Waals surface area contributed by atoms with Gasteiger partial charge in [0.15, 0.2) is 5.78 Å². The molecule has 5 nitrogen and oxygen atoms in total. The smallest absolute Gasteiger partial charge is 0.336 e. The van der Waals surface area contributed by atoms with Crippen molar-refractivity contribution in [1.82, 2.24) is 5.32 Å². The molecule has 5 heteroatoms. The summed E-state index contributed by atoms with van der Waals surface area (Å²) in [6.45, 7) is 1.83. The Morgan fingerprint density at radius 3 is 2.30 bits per heavy atom. The lowest BCUT2D eigenvalue weighted by molar-refractivity contribution is -0.136. The highest BCUT2D eigenvalue weighted by Crippen LogP contribution is 2.46. The number of ether oxygens (including phenoxy) is 2. The van der Waals surface area contributed by atoms with Gasteiger partial charge in [-0.25, -0.2) is 4.79 Å². The Labute approximate surface area is 157 Å². The summed E-state index contributed by atoms with van der Waals surface area (Å²) in [7, 11) is 2.95. The second kappa shape index (κ2) is 6.43. The van der Waals surface area contributed by atoms with Gasteiger partial charge in [-0.05, 0) is 24.6 Å². The molecule has 1 heterocycles. The van der Waals surface area contributed by atoms with Crippen LogP contribution in [0.5, 0.6) is 5.75 Å². The first-order valence-electron chi connectivity index (χ1n) is 8.65. The van der Waals surface area contributed by atoms with Crippen LogP contribution in [0.2, 0.25) is 0 Å². The van der Waals surface area contributed by atoms with Crippen molar-refractivity contribution >= 4 is 17.4 Å². The molecule has 0 amide bonds. The van der Waals surface area contributed by atoms with Crippen LogP contribution in [-0.4, -0.2) is 26.0 Å². The number of rotatable bonds is 3. The number of fused-ring (bicyclic) bond motifs is 2. The maximum Gasteiger partial charge on any atom is 0.336 e. The molecule has 0 aromatic heterocycles. The molecular weight excluding hydrogens is 342 g/mol. The van der Waals surface area contributed by atoms with Crippen LogP contribution in [0.1, 0.15) is 34.3 Å². The average Bonchev–Trinajstić information content (AvgIpc) is 2.99. The van der Waals surface area contributed by atoms with E-state index in [0.717, 1.165) is 16.8 Å². The summed E-state index contributed by atoms with van der Waals surface area (Å²) < 4.78 is 10.3. The van der Waals surface area contributed by atoms with Crippen molar-refractivity contribution in [3.05, 3.63) is 82.1 Å². The number of carbonyl (C=O) groups is 2. The SMILES string of the molecule is COC(=O)C1=C(C)NC2=C(C(=O)c3ccccc32)[C@@H]1c1ccc(OC)cc1. The zero-order valence-corrected chi connectivity index (χ0v) is 15.3. The van der Waals surface area contributed by atoms with E-state index >= 15 is 0 Å². The third-order valence-electron chi connectivity index (χ3n) is 5.10. The van der Waals surface area contributed by atoms with Gasteiger partial charge in [-0.2, -0.15) is 0 Å². The predicted octanol–water partition coefficient (Wildman–Crippen LogP) is 3.44. The summed E-state index contributed by atoms with van der Waals surface area (Å²) in [4.78, 5) is 25.8. The molecule has 0 saturated carbocycles. The molecule has 4 rings (SSSR count). The van der Waals surface area contributed by atoms with E-state index in [0.29, 0.717) is 28.2 Å². The highest BCUT2D eigenvalue weighted by atomic mass is 16.5. The molecule has 0 unspecified atom stereocenters. The minimum Gasteiger partial charge on any atom is -0.497 e. The lowest BCUT2D eigenvalue weighted by Crippen LogP contribution is -2.29. The zero-order chi connectivity index (χ0) is 19.1. The Hall–Kier alpha value is -3.34. The van der Waals surface area contributed by atoms with Gasteiger partial charge in [-0.15, -0.1) is 0 Å². The molecule has 0 spiro atoms. The Morgan fingerprint density at radius 2 is 1.67 bits per heavy atom. The summed E-state index contributed by atoms with van der Waals surface area (Å²) >= 11 is 0. The van der Waals surface area contributed by atoms with Crippen LogP contribution in [0.15, 0.2) is 65.4 Å². The number of hydrogen-bond acceptors (Lipinski definition) is 5. The molecule has 2 aromatic carbocycles. The maximum atomic E-state index is 13.2. The predicted molar refractivity (Wildman–Crippen MR) is 101 cm³/mol. The van der Waals surface area contributed by atoms with E-state index in [1.807, 2.05) is 55.5 Å². The first-order chi connectivity index (χ1) is 13.1. The summed E-state index contributed by atoms with van der Waals surface area (Å²) in [5.41, 5.74) is 4.82. The number of ketones is 1. The fourth-order valence-electron chi connectivity index (χ4n) is 3.84. The largest absolute Gasteiger partial charge is 0.497 e. The van der Waals surface area contributed by atoms with Crippen LogP contribution in [0.3, 0.4) is 0 Å². The maximum absolute atomic E-state index is 13.2. The van der Waals surface area contributed by atoms with E-state index < -0.39 is 11.9 Å². The molecule has 27 heavy (non-hydrogen) atoms. The number of hydrogen-bond donors (Lipinski definition) is 1. The first kappa shape index (κ1) is 17.1. The zero-order valence-electron chi connectivity index (χ0n) is 15.3. The molecule has 0 bridgehead atoms. The number of dihydropyridines is 1. The van der Waals surface area contributed by atoms with E-state index in [1.54, 1.807) is 7.11 Å². The van der Waals surface area contributed by atoms with Crippen molar-refractivity contribution in [1.29, 1.82) is 0 Å². The van der Waals surface area contributed by atoms with E-state index in [-0.39, 0.29) is 5.78 Å². The molecule has 0 fully saturated rings. The molecule has 1 aliphatic carbocycles. The first-order valence-corrected chi connectivity index (χ1v) is 8.65. The van der Waals surface area contributed by atoms with E-state index in [4.69, 9.17) is 9.47 Å².